The minimum absolute atomic E-state index is 1.10. The van der Waals surface area contributed by atoms with Crippen LogP contribution in [0.25, 0.3) is 17.2 Å². The summed E-state index contributed by atoms with van der Waals surface area (Å²) in [7, 11) is 0. The zero-order chi connectivity index (χ0) is 16.9. The van der Waals surface area contributed by atoms with Gasteiger partial charge in [0.05, 0.1) is 0 Å². The average molecular weight is 319 g/mol. The van der Waals surface area contributed by atoms with Gasteiger partial charge in [0.2, 0.25) is 0 Å². The van der Waals surface area contributed by atoms with Crippen molar-refractivity contribution >= 4 is 6.08 Å². The maximum atomic E-state index is 2.51. The maximum absolute atomic E-state index is 2.51. The number of allylic oxidation sites excluding steroid dienone is 1. The van der Waals surface area contributed by atoms with Crippen LogP contribution in [0.1, 0.15) is 68.7 Å². The maximum Gasteiger partial charge on any atom is -0.00576 e. The fourth-order valence-corrected chi connectivity index (χ4v) is 3.96. The van der Waals surface area contributed by atoms with E-state index in [1.807, 2.05) is 0 Å². The Morgan fingerprint density at radius 1 is 0.833 bits per heavy atom. The van der Waals surface area contributed by atoms with Gasteiger partial charge in [0.1, 0.15) is 0 Å². The molecule has 126 valence electrons. The third kappa shape index (κ3) is 3.34. The largest absolute Gasteiger partial charge is 0.0654 e. The summed E-state index contributed by atoms with van der Waals surface area (Å²) in [6.45, 7) is 6.83. The van der Waals surface area contributed by atoms with E-state index in [-0.39, 0.29) is 0 Å². The molecule has 0 bridgehead atoms. The first kappa shape index (κ1) is 17.0. The van der Waals surface area contributed by atoms with Crippen molar-refractivity contribution in [1.82, 2.24) is 0 Å². The zero-order valence-corrected chi connectivity index (χ0v) is 15.5. The van der Waals surface area contributed by atoms with Crippen LogP contribution in [0.5, 0.6) is 0 Å². The van der Waals surface area contributed by atoms with E-state index in [4.69, 9.17) is 0 Å². The van der Waals surface area contributed by atoms with Crippen LogP contribution in [-0.2, 0) is 19.3 Å². The highest BCUT2D eigenvalue weighted by molar-refractivity contribution is 5.84. The summed E-state index contributed by atoms with van der Waals surface area (Å²) in [5.74, 6) is 0. The number of aryl methyl sites for hydroxylation is 2. The second-order valence-electron chi connectivity index (χ2n) is 7.02. The van der Waals surface area contributed by atoms with E-state index < -0.39 is 0 Å². The summed E-state index contributed by atoms with van der Waals surface area (Å²) >= 11 is 0. The first-order valence-electron chi connectivity index (χ1n) is 9.70. The molecule has 2 aromatic carbocycles. The topological polar surface area (TPSA) is 0 Å². The standard InChI is InChI=1S/C24H30/c1-4-7-11-18-16-21-15-14-20(10-5-2)24(23(21)17-18)22-13-9-8-12-19(22)6-3/h8-9,12-15,17H,4-7,10-11,16H2,1-3H3. The number of hydrogen-bond donors (Lipinski definition) is 0. The molecule has 0 spiro atoms. The highest BCUT2D eigenvalue weighted by Crippen LogP contribution is 2.39. The van der Waals surface area contributed by atoms with Crippen molar-refractivity contribution in [2.45, 2.75) is 65.7 Å². The molecule has 0 aliphatic heterocycles. The van der Waals surface area contributed by atoms with E-state index in [1.165, 1.54) is 65.5 Å². The highest BCUT2D eigenvalue weighted by atomic mass is 14.2. The van der Waals surface area contributed by atoms with Gasteiger partial charge in [0.15, 0.2) is 0 Å². The average Bonchev–Trinajstić information content (AvgIpc) is 3.03. The van der Waals surface area contributed by atoms with Gasteiger partial charge in [-0.3, -0.25) is 0 Å². The Morgan fingerprint density at radius 3 is 2.42 bits per heavy atom. The van der Waals surface area contributed by atoms with E-state index in [0.717, 1.165) is 12.8 Å². The van der Waals surface area contributed by atoms with Gasteiger partial charge in [0, 0.05) is 0 Å². The van der Waals surface area contributed by atoms with Crippen molar-refractivity contribution in [2.24, 2.45) is 0 Å². The first-order valence-corrected chi connectivity index (χ1v) is 9.70. The lowest BCUT2D eigenvalue weighted by molar-refractivity contribution is 0.779. The second kappa shape index (κ2) is 7.83. The van der Waals surface area contributed by atoms with Gasteiger partial charge in [-0.25, -0.2) is 0 Å². The minimum atomic E-state index is 1.10. The van der Waals surface area contributed by atoms with E-state index in [2.05, 4.69) is 63.2 Å². The smallest absolute Gasteiger partial charge is 0.00576 e. The predicted octanol–water partition coefficient (Wildman–Crippen LogP) is 7.00. The van der Waals surface area contributed by atoms with Gasteiger partial charge in [-0.2, -0.15) is 0 Å². The van der Waals surface area contributed by atoms with Crippen molar-refractivity contribution in [2.75, 3.05) is 0 Å². The van der Waals surface area contributed by atoms with Gasteiger partial charge in [-0.1, -0.05) is 81.7 Å². The van der Waals surface area contributed by atoms with E-state index in [9.17, 15) is 0 Å². The monoisotopic (exact) mass is 318 g/mol. The Balaban J connectivity index is 2.13. The van der Waals surface area contributed by atoms with Crippen LogP contribution in [0, 0.1) is 0 Å². The quantitative estimate of drug-likeness (QED) is 0.515. The van der Waals surface area contributed by atoms with Gasteiger partial charge in [-0.05, 0) is 65.5 Å². The van der Waals surface area contributed by atoms with E-state index in [0.29, 0.717) is 0 Å². The van der Waals surface area contributed by atoms with Crippen LogP contribution in [0.2, 0.25) is 0 Å². The molecule has 0 radical (unpaired) electrons. The van der Waals surface area contributed by atoms with Crippen LogP contribution in [0.3, 0.4) is 0 Å². The summed E-state index contributed by atoms with van der Waals surface area (Å²) in [6, 6.07) is 13.8. The molecule has 1 aliphatic rings. The van der Waals surface area contributed by atoms with Gasteiger partial charge in [-0.15, -0.1) is 0 Å². The molecule has 24 heavy (non-hydrogen) atoms. The molecule has 0 atom stereocenters. The van der Waals surface area contributed by atoms with Crippen LogP contribution < -0.4 is 0 Å². The Morgan fingerprint density at radius 2 is 1.67 bits per heavy atom. The van der Waals surface area contributed by atoms with Crippen molar-refractivity contribution < 1.29 is 0 Å². The van der Waals surface area contributed by atoms with Crippen molar-refractivity contribution in [3.8, 4) is 11.1 Å². The molecule has 2 aromatic rings. The summed E-state index contributed by atoms with van der Waals surface area (Å²) in [6.07, 6.45) is 11.0. The van der Waals surface area contributed by atoms with Gasteiger partial charge in [0.25, 0.3) is 0 Å². The first-order chi connectivity index (χ1) is 11.8. The number of unbranched alkanes of at least 4 members (excludes halogenated alkanes) is 1. The zero-order valence-electron chi connectivity index (χ0n) is 15.5. The molecule has 0 N–H and O–H groups in total. The van der Waals surface area contributed by atoms with Crippen LogP contribution >= 0.6 is 0 Å². The molecule has 0 saturated heterocycles. The third-order valence-corrected chi connectivity index (χ3v) is 5.23. The van der Waals surface area contributed by atoms with Crippen molar-refractivity contribution in [3.63, 3.8) is 0 Å². The normalized spacial score (nSPS) is 13.0. The summed E-state index contributed by atoms with van der Waals surface area (Å²) in [5.41, 5.74) is 10.6. The molecular formula is C24H30. The van der Waals surface area contributed by atoms with E-state index in [1.54, 1.807) is 5.57 Å². The van der Waals surface area contributed by atoms with E-state index >= 15 is 0 Å². The molecule has 0 unspecified atom stereocenters. The lowest BCUT2D eigenvalue weighted by atomic mass is 9.87. The molecule has 0 fully saturated rings. The number of hydrogen-bond acceptors (Lipinski definition) is 0. The Kier molecular flexibility index (Phi) is 5.56. The molecule has 0 heterocycles. The molecular weight excluding hydrogens is 288 g/mol. The Hall–Kier alpha value is -1.82. The lowest BCUT2D eigenvalue weighted by Crippen LogP contribution is -1.98. The number of benzene rings is 2. The SMILES string of the molecule is CCCCC1=Cc2c(ccc(CCC)c2-c2ccccc2CC)C1. The minimum Gasteiger partial charge on any atom is -0.0654 e. The molecule has 0 heteroatoms. The summed E-state index contributed by atoms with van der Waals surface area (Å²) < 4.78 is 0. The fourth-order valence-electron chi connectivity index (χ4n) is 3.96. The molecule has 3 rings (SSSR count). The van der Waals surface area contributed by atoms with Crippen LogP contribution in [0.15, 0.2) is 42.0 Å². The fraction of sp³-hybridized carbons (Fsp3) is 0.417. The van der Waals surface area contributed by atoms with Gasteiger partial charge < -0.3 is 0 Å². The second-order valence-corrected chi connectivity index (χ2v) is 7.02. The predicted molar refractivity (Wildman–Crippen MR) is 106 cm³/mol. The van der Waals surface area contributed by atoms with Crippen molar-refractivity contribution in [3.05, 3.63) is 64.2 Å². The highest BCUT2D eigenvalue weighted by Gasteiger charge is 2.20. The Labute approximate surface area is 147 Å². The summed E-state index contributed by atoms with van der Waals surface area (Å²) in [4.78, 5) is 0. The van der Waals surface area contributed by atoms with Crippen LogP contribution in [0.4, 0.5) is 0 Å². The molecule has 0 saturated carbocycles. The Bertz CT molecular complexity index is 734. The molecule has 0 nitrogen and oxygen atoms in total. The lowest BCUT2D eigenvalue weighted by Gasteiger charge is -2.17. The van der Waals surface area contributed by atoms with Gasteiger partial charge >= 0.3 is 0 Å². The number of rotatable bonds is 7. The van der Waals surface area contributed by atoms with Crippen molar-refractivity contribution in [1.29, 1.82) is 0 Å². The molecule has 0 amide bonds. The molecule has 1 aliphatic carbocycles. The molecule has 0 aromatic heterocycles. The third-order valence-electron chi connectivity index (χ3n) is 5.23. The summed E-state index contributed by atoms with van der Waals surface area (Å²) in [5, 5.41) is 0. The van der Waals surface area contributed by atoms with Crippen LogP contribution in [-0.4, -0.2) is 0 Å². The number of fused-ring (bicyclic) bond motifs is 1.